The third kappa shape index (κ3) is 9.16. The molecule has 1 fully saturated rings. The second-order valence-corrected chi connectivity index (χ2v) is 12.4. The molecule has 2 heterocycles. The summed E-state index contributed by atoms with van der Waals surface area (Å²) in [5.74, 6) is 0.0834. The second-order valence-electron chi connectivity index (χ2n) is 12.4. The number of carbonyl (C=O) groups is 1. The Balaban J connectivity index is 1.38. The van der Waals surface area contributed by atoms with E-state index in [-0.39, 0.29) is 18.3 Å². The van der Waals surface area contributed by atoms with Crippen LogP contribution in [0.2, 0.25) is 0 Å². The number of hydrogen-bond acceptors (Lipinski definition) is 10. The number of ether oxygens (including phenoxy) is 4. The first-order valence-corrected chi connectivity index (χ1v) is 16.5. The van der Waals surface area contributed by atoms with Gasteiger partial charge in [0.05, 0.1) is 27.4 Å². The number of carbonyl (C=O) groups excluding carboxylic acids is 1. The van der Waals surface area contributed by atoms with E-state index in [1.807, 2.05) is 32.9 Å². The Bertz CT molecular complexity index is 1780. The normalized spacial score (nSPS) is 13.5. The molecule has 1 aromatic heterocycles. The monoisotopic (exact) mass is 690 g/mol. The molecule has 0 bridgehead atoms. The highest BCUT2D eigenvalue weighted by Gasteiger charge is 2.24. The van der Waals surface area contributed by atoms with Crippen LogP contribution >= 0.6 is 0 Å². The summed E-state index contributed by atoms with van der Waals surface area (Å²) in [5, 5.41) is 3.17. The lowest BCUT2D eigenvalue weighted by molar-refractivity contribution is 0.145. The van der Waals surface area contributed by atoms with Gasteiger partial charge in [-0.25, -0.2) is 18.6 Å². The van der Waals surface area contributed by atoms with Gasteiger partial charge >= 0.3 is 6.09 Å². The third-order valence-corrected chi connectivity index (χ3v) is 8.43. The van der Waals surface area contributed by atoms with Crippen LogP contribution in [0.5, 0.6) is 23.0 Å². The van der Waals surface area contributed by atoms with Gasteiger partial charge in [0.2, 0.25) is 11.7 Å². The molecule has 13 heteroatoms. The predicted octanol–water partition coefficient (Wildman–Crippen LogP) is 6.66. The number of aromatic nitrogens is 2. The van der Waals surface area contributed by atoms with Crippen molar-refractivity contribution in [2.45, 2.75) is 33.7 Å². The first-order valence-electron chi connectivity index (χ1n) is 16.5. The molecule has 5 rings (SSSR count). The number of benzene rings is 3. The van der Waals surface area contributed by atoms with Crippen molar-refractivity contribution in [3.8, 4) is 23.0 Å². The Morgan fingerprint density at radius 2 is 1.62 bits per heavy atom. The number of methoxy groups -OCH3 is 2. The highest BCUT2D eigenvalue weighted by molar-refractivity contribution is 5.88. The summed E-state index contributed by atoms with van der Waals surface area (Å²) in [5.41, 5.74) is 3.47. The van der Waals surface area contributed by atoms with Gasteiger partial charge in [0.15, 0.2) is 23.1 Å². The molecule has 50 heavy (non-hydrogen) atoms. The zero-order chi connectivity index (χ0) is 35.8. The van der Waals surface area contributed by atoms with E-state index in [1.165, 1.54) is 30.3 Å². The maximum atomic E-state index is 14.2. The van der Waals surface area contributed by atoms with E-state index in [2.05, 4.69) is 32.1 Å². The molecule has 0 spiro atoms. The fourth-order valence-electron chi connectivity index (χ4n) is 5.87. The van der Waals surface area contributed by atoms with Gasteiger partial charge in [-0.2, -0.15) is 4.98 Å². The van der Waals surface area contributed by atoms with Gasteiger partial charge in [-0.3, -0.25) is 4.90 Å². The Morgan fingerprint density at radius 1 is 0.900 bits per heavy atom. The van der Waals surface area contributed by atoms with Crippen molar-refractivity contribution in [1.82, 2.24) is 19.8 Å². The summed E-state index contributed by atoms with van der Waals surface area (Å²) in [4.78, 5) is 28.7. The number of piperazine rings is 1. The maximum absolute atomic E-state index is 14.2. The Hall–Kier alpha value is -5.01. The first kappa shape index (κ1) is 36.3. The first-order chi connectivity index (χ1) is 24.0. The number of anilines is 3. The van der Waals surface area contributed by atoms with E-state index in [4.69, 9.17) is 18.9 Å². The average molecular weight is 691 g/mol. The average Bonchev–Trinajstić information content (AvgIpc) is 3.09. The van der Waals surface area contributed by atoms with Crippen LogP contribution in [0.25, 0.3) is 0 Å². The van der Waals surface area contributed by atoms with E-state index in [9.17, 15) is 13.6 Å². The molecule has 266 valence electrons. The summed E-state index contributed by atoms with van der Waals surface area (Å²) in [6, 6.07) is 12.3. The molecule has 0 aliphatic carbocycles. The fraction of sp³-hybridized carbons (Fsp3) is 0.378. The largest absolute Gasteiger partial charge is 0.493 e. The van der Waals surface area contributed by atoms with Crippen LogP contribution in [0.1, 0.15) is 28.7 Å². The number of halogens is 2. The second kappa shape index (κ2) is 16.6. The molecule has 0 unspecified atom stereocenters. The zero-order valence-electron chi connectivity index (χ0n) is 29.4. The topological polar surface area (TPSA) is 102 Å². The van der Waals surface area contributed by atoms with Gasteiger partial charge in [0.1, 0.15) is 11.6 Å². The van der Waals surface area contributed by atoms with Crippen molar-refractivity contribution in [3.05, 3.63) is 88.6 Å². The number of amides is 1. The van der Waals surface area contributed by atoms with Gasteiger partial charge in [-0.15, -0.1) is 0 Å². The number of nitrogens with one attached hydrogen (secondary N) is 1. The Morgan fingerprint density at radius 3 is 2.30 bits per heavy atom. The van der Waals surface area contributed by atoms with Gasteiger partial charge in [0.25, 0.3) is 0 Å². The quantitative estimate of drug-likeness (QED) is 0.153. The molecule has 1 N–H and O–H groups in total. The fourth-order valence-corrected chi connectivity index (χ4v) is 5.87. The summed E-state index contributed by atoms with van der Waals surface area (Å²) < 4.78 is 51.2. The van der Waals surface area contributed by atoms with Gasteiger partial charge < -0.3 is 34.1 Å². The molecular formula is C37H44F2N6O5. The van der Waals surface area contributed by atoms with Crippen molar-refractivity contribution < 1.29 is 32.5 Å². The number of likely N-dealkylation sites (N-methyl/N-ethyl adjacent to an activating group) is 1. The molecule has 0 saturated carbocycles. The molecule has 4 aromatic rings. The van der Waals surface area contributed by atoms with Crippen LogP contribution in [-0.2, 0) is 6.54 Å². The molecule has 1 aliphatic heterocycles. The lowest BCUT2D eigenvalue weighted by atomic mass is 10.1. The van der Waals surface area contributed by atoms with Crippen molar-refractivity contribution in [2.24, 2.45) is 0 Å². The van der Waals surface area contributed by atoms with E-state index in [1.54, 1.807) is 19.2 Å². The number of nitrogens with zero attached hydrogens (tertiary/aromatic N) is 5. The predicted molar refractivity (Wildman–Crippen MR) is 188 cm³/mol. The molecule has 1 amide bonds. The molecular weight excluding hydrogens is 646 g/mol. The molecule has 11 nitrogen and oxygen atoms in total. The Labute approximate surface area is 291 Å². The van der Waals surface area contributed by atoms with Crippen molar-refractivity contribution in [3.63, 3.8) is 0 Å². The van der Waals surface area contributed by atoms with Gasteiger partial charge in [0, 0.05) is 56.7 Å². The number of aryl methyl sites for hydroxylation is 3. The zero-order valence-corrected chi connectivity index (χ0v) is 29.4. The lowest BCUT2D eigenvalue weighted by Crippen LogP contribution is -2.44. The van der Waals surface area contributed by atoms with Crippen LogP contribution < -0.4 is 29.2 Å². The van der Waals surface area contributed by atoms with Gasteiger partial charge in [-0.05, 0) is 69.1 Å². The van der Waals surface area contributed by atoms with Crippen LogP contribution in [-0.4, -0.2) is 86.5 Å². The molecule has 0 atom stereocenters. The molecule has 1 saturated heterocycles. The van der Waals surface area contributed by atoms with E-state index >= 15 is 0 Å². The van der Waals surface area contributed by atoms with Crippen molar-refractivity contribution in [1.29, 1.82) is 0 Å². The van der Waals surface area contributed by atoms with E-state index in [0.29, 0.717) is 40.9 Å². The summed E-state index contributed by atoms with van der Waals surface area (Å²) in [6.07, 6.45) is 1.56. The Kier molecular flexibility index (Phi) is 12.0. The SMILES string of the molecule is COc1cc(Nc2nccc(N(Cc3ccc(F)c(F)c3)C(=O)Oc3c(C)cc(C)cc3C)n2)cc(OCCCN2CCN(C)CC2)c1OC. The van der Waals surface area contributed by atoms with Gasteiger partial charge in [-0.1, -0.05) is 23.8 Å². The smallest absolute Gasteiger partial charge is 0.421 e. The summed E-state index contributed by atoms with van der Waals surface area (Å²) in [7, 11) is 5.22. The summed E-state index contributed by atoms with van der Waals surface area (Å²) >= 11 is 0. The highest BCUT2D eigenvalue weighted by Crippen LogP contribution is 2.41. The highest BCUT2D eigenvalue weighted by atomic mass is 19.2. The minimum Gasteiger partial charge on any atom is -0.493 e. The van der Waals surface area contributed by atoms with E-state index < -0.39 is 17.7 Å². The number of rotatable bonds is 13. The van der Waals surface area contributed by atoms with Crippen molar-refractivity contribution >= 4 is 23.5 Å². The molecule has 3 aromatic carbocycles. The van der Waals surface area contributed by atoms with Crippen LogP contribution in [0.3, 0.4) is 0 Å². The van der Waals surface area contributed by atoms with Crippen LogP contribution in [0.15, 0.2) is 54.7 Å². The molecule has 0 radical (unpaired) electrons. The van der Waals surface area contributed by atoms with Crippen LogP contribution in [0.4, 0.5) is 31.0 Å². The standard InChI is InChI=1S/C37H44F2N6O5/c1-24-18-25(2)34(26(3)19-24)50-37(46)45(23-27-8-9-29(38)30(39)20-27)33-10-11-40-36(42-33)41-28-21-31(47-5)35(48-6)32(22-28)49-17-7-12-44-15-13-43(4)14-16-44/h8-11,18-22H,7,12-17,23H2,1-6H3,(H,40,41,42). The summed E-state index contributed by atoms with van der Waals surface area (Å²) in [6.45, 7) is 11.1. The lowest BCUT2D eigenvalue weighted by Gasteiger charge is -2.32. The minimum absolute atomic E-state index is 0.154. The molecule has 1 aliphatic rings. The third-order valence-electron chi connectivity index (χ3n) is 8.43. The van der Waals surface area contributed by atoms with Crippen molar-refractivity contribution in [2.75, 3.05) is 70.8 Å². The maximum Gasteiger partial charge on any atom is 0.421 e. The minimum atomic E-state index is -1.03. The number of hydrogen-bond donors (Lipinski definition) is 1. The van der Waals surface area contributed by atoms with Crippen LogP contribution in [0, 0.1) is 32.4 Å². The van der Waals surface area contributed by atoms with E-state index in [0.717, 1.165) is 68.0 Å².